The zero-order valence-electron chi connectivity index (χ0n) is 15.3. The molecule has 29 heavy (non-hydrogen) atoms. The molecule has 2 aromatic heterocycles. The Balaban J connectivity index is 1.60. The second-order valence-electron chi connectivity index (χ2n) is 5.90. The lowest BCUT2D eigenvalue weighted by Gasteiger charge is -2.10. The molecular formula is C19H17ClN4O4S. The summed E-state index contributed by atoms with van der Waals surface area (Å²) in [6.45, 7) is 1.74. The number of hydrogen-bond acceptors (Lipinski definition) is 6. The van der Waals surface area contributed by atoms with Crippen LogP contribution >= 0.6 is 22.9 Å². The van der Waals surface area contributed by atoms with Crippen LogP contribution in [0.15, 0.2) is 46.4 Å². The number of nitrogens with zero attached hydrogens (tertiary/aromatic N) is 1. The highest BCUT2D eigenvalue weighted by Crippen LogP contribution is 2.26. The highest BCUT2D eigenvalue weighted by molar-refractivity contribution is 7.14. The Kier molecular flexibility index (Phi) is 6.63. The first-order chi connectivity index (χ1) is 13.9. The largest absolute Gasteiger partial charge is 0.459 e. The van der Waals surface area contributed by atoms with Crippen LogP contribution in [0.2, 0.25) is 5.02 Å². The molecule has 3 aromatic rings. The molecule has 3 N–H and O–H groups in total. The Morgan fingerprint density at radius 1 is 1.14 bits per heavy atom. The molecule has 1 aromatic carbocycles. The number of aromatic nitrogens is 1. The summed E-state index contributed by atoms with van der Waals surface area (Å²) in [6.07, 6.45) is 1.74. The Hall–Kier alpha value is -3.17. The molecule has 0 atom stereocenters. The van der Waals surface area contributed by atoms with Crippen molar-refractivity contribution in [2.24, 2.45) is 0 Å². The van der Waals surface area contributed by atoms with E-state index in [0.29, 0.717) is 33.6 Å². The maximum atomic E-state index is 12.3. The zero-order valence-corrected chi connectivity index (χ0v) is 16.9. The van der Waals surface area contributed by atoms with Gasteiger partial charge in [-0.1, -0.05) is 18.5 Å². The summed E-state index contributed by atoms with van der Waals surface area (Å²) in [7, 11) is 0. The van der Waals surface area contributed by atoms with Crippen molar-refractivity contribution in [1.29, 1.82) is 0 Å². The fourth-order valence-corrected chi connectivity index (χ4v) is 3.19. The Morgan fingerprint density at radius 2 is 1.97 bits per heavy atom. The minimum Gasteiger partial charge on any atom is -0.459 e. The van der Waals surface area contributed by atoms with Crippen LogP contribution in [-0.2, 0) is 16.0 Å². The van der Waals surface area contributed by atoms with Crippen molar-refractivity contribution >= 4 is 57.2 Å². The number of halogens is 1. The summed E-state index contributed by atoms with van der Waals surface area (Å²) in [6, 6.07) is 7.98. The number of carbonyl (C=O) groups excluding carboxylic acids is 3. The van der Waals surface area contributed by atoms with E-state index in [2.05, 4.69) is 20.9 Å². The third kappa shape index (κ3) is 5.66. The minimum absolute atomic E-state index is 0.00496. The van der Waals surface area contributed by atoms with Crippen molar-refractivity contribution < 1.29 is 18.8 Å². The van der Waals surface area contributed by atoms with Crippen molar-refractivity contribution in [1.82, 2.24) is 4.98 Å². The van der Waals surface area contributed by atoms with Crippen molar-refractivity contribution in [3.63, 3.8) is 0 Å². The monoisotopic (exact) mass is 432 g/mol. The standard InChI is InChI=1S/C19H17ClN4O4S/c1-2-16(25)21-11-5-6-13(20)14(8-11)23-17(26)9-12-10-29-19(22-12)24-18(27)15-4-3-7-28-15/h3-8,10H,2,9H2,1H3,(H,21,25)(H,23,26)(H,22,24,27). The van der Waals surface area contributed by atoms with Gasteiger partial charge in [-0.2, -0.15) is 0 Å². The van der Waals surface area contributed by atoms with Gasteiger partial charge in [0, 0.05) is 17.5 Å². The fourth-order valence-electron chi connectivity index (χ4n) is 2.32. The summed E-state index contributed by atoms with van der Waals surface area (Å²) in [5.41, 5.74) is 1.41. The van der Waals surface area contributed by atoms with E-state index >= 15 is 0 Å². The molecular weight excluding hydrogens is 416 g/mol. The first-order valence-corrected chi connectivity index (χ1v) is 9.89. The minimum atomic E-state index is -0.418. The van der Waals surface area contributed by atoms with Gasteiger partial charge in [0.25, 0.3) is 5.91 Å². The maximum absolute atomic E-state index is 12.3. The molecule has 0 aliphatic heterocycles. The average Bonchev–Trinajstić information content (AvgIpc) is 3.36. The first-order valence-electron chi connectivity index (χ1n) is 8.63. The highest BCUT2D eigenvalue weighted by Gasteiger charge is 2.14. The van der Waals surface area contributed by atoms with Crippen LogP contribution in [0.25, 0.3) is 0 Å². The third-order valence-corrected chi connectivity index (χ3v) is 4.84. The third-order valence-electron chi connectivity index (χ3n) is 3.70. The fraction of sp³-hybridized carbons (Fsp3) is 0.158. The van der Waals surface area contributed by atoms with Crippen molar-refractivity contribution in [3.05, 3.63) is 58.5 Å². The van der Waals surface area contributed by atoms with Gasteiger partial charge in [0.15, 0.2) is 10.9 Å². The second-order valence-corrected chi connectivity index (χ2v) is 7.16. The van der Waals surface area contributed by atoms with Crippen molar-refractivity contribution in [2.45, 2.75) is 19.8 Å². The summed E-state index contributed by atoms with van der Waals surface area (Å²) in [5, 5.41) is 10.4. The number of benzene rings is 1. The molecule has 0 aliphatic rings. The first kappa shape index (κ1) is 20.6. The number of rotatable bonds is 7. The van der Waals surface area contributed by atoms with E-state index in [9.17, 15) is 14.4 Å². The Morgan fingerprint density at radius 3 is 2.69 bits per heavy atom. The number of furan rings is 1. The predicted octanol–water partition coefficient (Wildman–Crippen LogP) is 4.17. The number of amides is 3. The van der Waals surface area contributed by atoms with Gasteiger partial charge in [-0.15, -0.1) is 11.3 Å². The van der Waals surface area contributed by atoms with E-state index in [4.69, 9.17) is 16.0 Å². The van der Waals surface area contributed by atoms with Crippen LogP contribution in [0.4, 0.5) is 16.5 Å². The number of nitrogens with one attached hydrogen (secondary N) is 3. The lowest BCUT2D eigenvalue weighted by molar-refractivity contribution is -0.116. The molecule has 0 saturated carbocycles. The van der Waals surface area contributed by atoms with E-state index < -0.39 is 5.91 Å². The Labute approximate surface area is 175 Å². The Bertz CT molecular complexity index is 1030. The molecule has 0 spiro atoms. The van der Waals surface area contributed by atoms with Gasteiger partial charge in [0.1, 0.15) is 0 Å². The van der Waals surface area contributed by atoms with Gasteiger partial charge in [-0.05, 0) is 30.3 Å². The van der Waals surface area contributed by atoms with Gasteiger partial charge in [0.05, 0.1) is 29.1 Å². The summed E-state index contributed by atoms with van der Waals surface area (Å²) in [5.74, 6) is -0.724. The summed E-state index contributed by atoms with van der Waals surface area (Å²) >= 11 is 7.33. The molecule has 3 rings (SSSR count). The highest BCUT2D eigenvalue weighted by atomic mass is 35.5. The molecule has 0 radical (unpaired) electrons. The lowest BCUT2D eigenvalue weighted by atomic mass is 10.2. The van der Waals surface area contributed by atoms with Crippen LogP contribution in [-0.4, -0.2) is 22.7 Å². The molecule has 0 fully saturated rings. The molecule has 8 nitrogen and oxygen atoms in total. The topological polar surface area (TPSA) is 113 Å². The van der Waals surface area contributed by atoms with Gasteiger partial charge >= 0.3 is 0 Å². The number of hydrogen-bond donors (Lipinski definition) is 3. The van der Waals surface area contributed by atoms with Crippen molar-refractivity contribution in [3.8, 4) is 0 Å². The van der Waals surface area contributed by atoms with Crippen LogP contribution in [0.1, 0.15) is 29.6 Å². The van der Waals surface area contributed by atoms with E-state index in [1.54, 1.807) is 36.6 Å². The number of carbonyl (C=O) groups is 3. The molecule has 3 amide bonds. The van der Waals surface area contributed by atoms with Gasteiger partial charge in [0.2, 0.25) is 11.8 Å². The predicted molar refractivity (Wildman–Crippen MR) is 111 cm³/mol. The molecule has 0 aliphatic carbocycles. The normalized spacial score (nSPS) is 10.4. The van der Waals surface area contributed by atoms with Gasteiger partial charge in [-0.3, -0.25) is 19.7 Å². The van der Waals surface area contributed by atoms with Crippen LogP contribution < -0.4 is 16.0 Å². The average molecular weight is 433 g/mol. The molecule has 0 unspecified atom stereocenters. The van der Waals surface area contributed by atoms with Gasteiger partial charge < -0.3 is 15.1 Å². The van der Waals surface area contributed by atoms with E-state index in [-0.39, 0.29) is 24.0 Å². The molecule has 2 heterocycles. The SMILES string of the molecule is CCC(=O)Nc1ccc(Cl)c(NC(=O)Cc2csc(NC(=O)c3ccco3)n2)c1. The smallest absolute Gasteiger partial charge is 0.293 e. The van der Waals surface area contributed by atoms with Crippen molar-refractivity contribution in [2.75, 3.05) is 16.0 Å². The van der Waals surface area contributed by atoms with E-state index in [0.717, 1.165) is 0 Å². The quantitative estimate of drug-likeness (QED) is 0.518. The lowest BCUT2D eigenvalue weighted by Crippen LogP contribution is -2.16. The van der Waals surface area contributed by atoms with Gasteiger partial charge in [-0.25, -0.2) is 4.98 Å². The zero-order chi connectivity index (χ0) is 20.8. The van der Waals surface area contributed by atoms with Crippen LogP contribution in [0, 0.1) is 0 Å². The second kappa shape index (κ2) is 9.35. The summed E-state index contributed by atoms with van der Waals surface area (Å²) < 4.78 is 5.02. The molecule has 0 bridgehead atoms. The maximum Gasteiger partial charge on any atom is 0.293 e. The molecule has 10 heteroatoms. The van der Waals surface area contributed by atoms with E-state index in [1.807, 2.05) is 0 Å². The molecule has 150 valence electrons. The number of anilines is 3. The molecule has 0 saturated heterocycles. The number of thiazole rings is 1. The van der Waals surface area contributed by atoms with Crippen LogP contribution in [0.3, 0.4) is 0 Å². The van der Waals surface area contributed by atoms with E-state index in [1.165, 1.54) is 23.7 Å². The van der Waals surface area contributed by atoms with Crippen LogP contribution in [0.5, 0.6) is 0 Å². The summed E-state index contributed by atoms with van der Waals surface area (Å²) in [4.78, 5) is 40.0.